The number of pyridine rings is 1. The Labute approximate surface area is 217 Å². The first kappa shape index (κ1) is 25.4. The Hall–Kier alpha value is -4.30. The van der Waals surface area contributed by atoms with Gasteiger partial charge in [-0.3, -0.25) is 9.69 Å². The van der Waals surface area contributed by atoms with Crippen molar-refractivity contribution in [3.05, 3.63) is 82.5 Å². The van der Waals surface area contributed by atoms with Gasteiger partial charge >= 0.3 is 6.36 Å². The fourth-order valence-corrected chi connectivity index (χ4v) is 4.96. The summed E-state index contributed by atoms with van der Waals surface area (Å²) in [4.78, 5) is 23.4. The normalized spacial score (nSPS) is 15.9. The molecule has 38 heavy (non-hydrogen) atoms. The van der Waals surface area contributed by atoms with Crippen molar-refractivity contribution in [1.82, 2.24) is 14.8 Å². The summed E-state index contributed by atoms with van der Waals surface area (Å²) in [6.45, 7) is 4.35. The summed E-state index contributed by atoms with van der Waals surface area (Å²) < 4.78 is 41.1. The van der Waals surface area contributed by atoms with Gasteiger partial charge in [0.15, 0.2) is 0 Å². The van der Waals surface area contributed by atoms with Crippen LogP contribution in [0.4, 0.5) is 24.7 Å². The molecule has 2 aromatic carbocycles. The van der Waals surface area contributed by atoms with Crippen LogP contribution in [0.3, 0.4) is 0 Å². The number of aromatic nitrogens is 1. The molecule has 1 fully saturated rings. The lowest BCUT2D eigenvalue weighted by atomic mass is 10.0. The molecular formula is C27H25F3N6O2. The number of ether oxygens (including phenoxy) is 1. The first-order chi connectivity index (χ1) is 18.2. The Morgan fingerprint density at radius 1 is 1.03 bits per heavy atom. The zero-order valence-corrected chi connectivity index (χ0v) is 20.4. The highest BCUT2D eigenvalue weighted by atomic mass is 19.4. The summed E-state index contributed by atoms with van der Waals surface area (Å²) >= 11 is 0. The Balaban J connectivity index is 1.21. The first-order valence-corrected chi connectivity index (χ1v) is 12.1. The van der Waals surface area contributed by atoms with Crippen LogP contribution >= 0.6 is 0 Å². The zero-order chi connectivity index (χ0) is 26.9. The number of hydrogen-bond donors (Lipinski definition) is 1. The average molecular weight is 523 g/mol. The van der Waals surface area contributed by atoms with Gasteiger partial charge in [-0.15, -0.1) is 13.2 Å². The van der Waals surface area contributed by atoms with Gasteiger partial charge in [0.25, 0.3) is 5.91 Å². The molecule has 3 aromatic rings. The molecule has 0 saturated carbocycles. The number of piperazine rings is 1. The standard InChI is InChI=1S/C27H25F3N6O2/c28-27(29,30)38-22-5-3-18(4-6-22)16-36-17-21-12-19(13-23(32)24(21)26(36)37)15-34-8-10-35(11-9-34)25-20(14-31)2-1-7-33-25/h1-7,12-13H,8-11,15-17,32H2. The van der Waals surface area contributed by atoms with Crippen molar-refractivity contribution >= 4 is 17.4 Å². The molecule has 2 aliphatic heterocycles. The molecule has 0 unspecified atom stereocenters. The molecule has 1 saturated heterocycles. The monoisotopic (exact) mass is 522 g/mol. The third-order valence-corrected chi connectivity index (χ3v) is 6.69. The minimum atomic E-state index is -4.75. The van der Waals surface area contributed by atoms with Gasteiger partial charge in [-0.25, -0.2) is 4.98 Å². The summed E-state index contributed by atoms with van der Waals surface area (Å²) in [7, 11) is 0. The maximum absolute atomic E-state index is 13.0. The summed E-state index contributed by atoms with van der Waals surface area (Å²) in [6.07, 6.45) is -3.06. The molecule has 0 bridgehead atoms. The van der Waals surface area contributed by atoms with Crippen LogP contribution < -0.4 is 15.4 Å². The van der Waals surface area contributed by atoms with Crippen molar-refractivity contribution < 1.29 is 22.7 Å². The van der Waals surface area contributed by atoms with E-state index in [0.717, 1.165) is 37.3 Å². The molecular weight excluding hydrogens is 497 g/mol. The van der Waals surface area contributed by atoms with Gasteiger partial charge in [0.1, 0.15) is 17.6 Å². The van der Waals surface area contributed by atoms with Gasteiger partial charge in [0, 0.05) is 57.7 Å². The van der Waals surface area contributed by atoms with E-state index >= 15 is 0 Å². The van der Waals surface area contributed by atoms with Crippen molar-refractivity contribution in [3.8, 4) is 11.8 Å². The molecule has 2 aliphatic rings. The molecule has 1 amide bonds. The molecule has 0 radical (unpaired) electrons. The molecule has 8 nitrogen and oxygen atoms in total. The van der Waals surface area contributed by atoms with Crippen molar-refractivity contribution in [2.24, 2.45) is 0 Å². The number of carbonyl (C=O) groups is 1. The lowest BCUT2D eigenvalue weighted by Gasteiger charge is -2.35. The number of fused-ring (bicyclic) bond motifs is 1. The van der Waals surface area contributed by atoms with E-state index in [1.165, 1.54) is 24.3 Å². The van der Waals surface area contributed by atoms with Gasteiger partial charge < -0.3 is 20.3 Å². The number of nitrogens with two attached hydrogens (primary N) is 1. The third-order valence-electron chi connectivity index (χ3n) is 6.69. The van der Waals surface area contributed by atoms with Gasteiger partial charge in [0.2, 0.25) is 0 Å². The van der Waals surface area contributed by atoms with Gasteiger partial charge in [-0.2, -0.15) is 5.26 Å². The number of amides is 1. The van der Waals surface area contributed by atoms with E-state index in [4.69, 9.17) is 5.73 Å². The smallest absolute Gasteiger partial charge is 0.406 e. The van der Waals surface area contributed by atoms with Crippen LogP contribution in [-0.4, -0.2) is 53.2 Å². The predicted octanol–water partition coefficient (Wildman–Crippen LogP) is 3.91. The second kappa shape index (κ2) is 10.2. The number of nitrogen functional groups attached to an aromatic ring is 1. The molecule has 11 heteroatoms. The van der Waals surface area contributed by atoms with E-state index in [-0.39, 0.29) is 18.2 Å². The number of benzene rings is 2. The zero-order valence-electron chi connectivity index (χ0n) is 20.4. The van der Waals surface area contributed by atoms with E-state index in [9.17, 15) is 23.2 Å². The number of anilines is 2. The van der Waals surface area contributed by atoms with Crippen LogP contribution in [0.2, 0.25) is 0 Å². The Morgan fingerprint density at radius 3 is 2.45 bits per heavy atom. The van der Waals surface area contributed by atoms with Gasteiger partial charge in [-0.1, -0.05) is 18.2 Å². The highest BCUT2D eigenvalue weighted by Crippen LogP contribution is 2.31. The number of alkyl halides is 3. The van der Waals surface area contributed by atoms with Gasteiger partial charge in [-0.05, 0) is 47.0 Å². The SMILES string of the molecule is N#Cc1cccnc1N1CCN(Cc2cc(N)c3c(c2)CN(Cc2ccc(OC(F)(F)F)cc2)C3=O)CC1. The van der Waals surface area contributed by atoms with Crippen LogP contribution in [-0.2, 0) is 19.6 Å². The van der Waals surface area contributed by atoms with E-state index in [2.05, 4.69) is 25.6 Å². The number of hydrogen-bond acceptors (Lipinski definition) is 7. The number of nitriles is 1. The fraction of sp³-hybridized carbons (Fsp3) is 0.296. The van der Waals surface area contributed by atoms with Crippen LogP contribution in [0, 0.1) is 11.3 Å². The molecule has 196 valence electrons. The average Bonchev–Trinajstić information content (AvgIpc) is 3.20. The largest absolute Gasteiger partial charge is 0.573 e. The van der Waals surface area contributed by atoms with E-state index < -0.39 is 6.36 Å². The maximum Gasteiger partial charge on any atom is 0.573 e. The second-order valence-corrected chi connectivity index (χ2v) is 9.32. The fourth-order valence-electron chi connectivity index (χ4n) is 4.96. The van der Waals surface area contributed by atoms with Crippen LogP contribution in [0.15, 0.2) is 54.7 Å². The predicted molar refractivity (Wildman–Crippen MR) is 134 cm³/mol. The van der Waals surface area contributed by atoms with Crippen LogP contribution in [0.25, 0.3) is 0 Å². The topological polar surface area (TPSA) is 98.7 Å². The van der Waals surface area contributed by atoms with Crippen molar-refractivity contribution in [2.75, 3.05) is 36.8 Å². The molecule has 3 heterocycles. The van der Waals surface area contributed by atoms with Crippen molar-refractivity contribution in [3.63, 3.8) is 0 Å². The summed E-state index contributed by atoms with van der Waals surface area (Å²) in [5, 5.41) is 9.36. The number of nitrogens with zero attached hydrogens (tertiary/aromatic N) is 5. The van der Waals surface area contributed by atoms with Crippen molar-refractivity contribution in [1.29, 1.82) is 5.26 Å². The summed E-state index contributed by atoms with van der Waals surface area (Å²) in [6, 6.07) is 15.0. The minimum Gasteiger partial charge on any atom is -0.406 e. The van der Waals surface area contributed by atoms with E-state index in [0.29, 0.717) is 41.3 Å². The van der Waals surface area contributed by atoms with Crippen LogP contribution in [0.1, 0.15) is 32.6 Å². The molecule has 2 N–H and O–H groups in total. The highest BCUT2D eigenvalue weighted by Gasteiger charge is 2.32. The third kappa shape index (κ3) is 5.50. The quantitative estimate of drug-likeness (QED) is 0.490. The molecule has 5 rings (SSSR count). The first-order valence-electron chi connectivity index (χ1n) is 12.1. The minimum absolute atomic E-state index is 0.197. The lowest BCUT2D eigenvalue weighted by Crippen LogP contribution is -2.46. The van der Waals surface area contributed by atoms with Crippen molar-refractivity contribution in [2.45, 2.75) is 26.0 Å². The highest BCUT2D eigenvalue weighted by molar-refractivity contribution is 6.03. The number of rotatable bonds is 6. The summed E-state index contributed by atoms with van der Waals surface area (Å²) in [5.74, 6) is 0.201. The Kier molecular flexibility index (Phi) is 6.82. The molecule has 1 aromatic heterocycles. The molecule has 0 spiro atoms. The lowest BCUT2D eigenvalue weighted by molar-refractivity contribution is -0.274. The number of carbonyl (C=O) groups excluding carboxylic acids is 1. The molecule has 0 atom stereocenters. The van der Waals surface area contributed by atoms with Crippen LogP contribution in [0.5, 0.6) is 5.75 Å². The second-order valence-electron chi connectivity index (χ2n) is 9.32. The van der Waals surface area contributed by atoms with Gasteiger partial charge in [0.05, 0.1) is 11.1 Å². The summed E-state index contributed by atoms with van der Waals surface area (Å²) in [5.41, 5.74) is 10.3. The Bertz CT molecular complexity index is 1380. The Morgan fingerprint density at radius 2 is 1.76 bits per heavy atom. The van der Waals surface area contributed by atoms with E-state index in [1.54, 1.807) is 23.2 Å². The van der Waals surface area contributed by atoms with E-state index in [1.807, 2.05) is 12.1 Å². The number of halogens is 3. The maximum atomic E-state index is 13.0. The molecule has 0 aliphatic carbocycles.